The highest BCUT2D eigenvalue weighted by atomic mass is 35.5. The van der Waals surface area contributed by atoms with Crippen LogP contribution < -0.4 is 15.2 Å². The van der Waals surface area contributed by atoms with Crippen LogP contribution >= 0.6 is 24.0 Å². The van der Waals surface area contributed by atoms with Crippen molar-refractivity contribution < 1.29 is 17.9 Å². The van der Waals surface area contributed by atoms with E-state index < -0.39 is 10.0 Å². The second kappa shape index (κ2) is 13.3. The number of carbonyl (C=O) groups is 1. The largest absolute Gasteiger partial charge is 0.488 e. The van der Waals surface area contributed by atoms with Gasteiger partial charge in [0, 0.05) is 25.6 Å². The lowest BCUT2D eigenvalue weighted by Gasteiger charge is -2.31. The van der Waals surface area contributed by atoms with Gasteiger partial charge in [0.25, 0.3) is 0 Å². The molecular weight excluding hydrogens is 497 g/mol. The Morgan fingerprint density at radius 1 is 1.21 bits per heavy atom. The maximum atomic E-state index is 13.0. The quantitative estimate of drug-likeness (QED) is 0.335. The van der Waals surface area contributed by atoms with Gasteiger partial charge in [-0.3, -0.25) is 4.79 Å². The Morgan fingerprint density at radius 2 is 1.88 bits per heavy atom. The number of nitrogens with two attached hydrogens (primary N) is 1. The standard InChI is InChI=1S/C24H32ClN3O4S.ClH/c1-33(30,31)27-11-14-28-12-9-18(10-13-28)7-8-23(29)20-15-21(25)22(26)16-24(20)32-17-19-5-3-2-4-6-19;/h2-6,15-16,18,27H,7-14,17,26H2,1H3;1H. The number of halogens is 2. The third kappa shape index (κ3) is 9.07. The average molecular weight is 531 g/mol. The van der Waals surface area contributed by atoms with Gasteiger partial charge in [-0.2, -0.15) is 0 Å². The Morgan fingerprint density at radius 3 is 2.53 bits per heavy atom. The minimum Gasteiger partial charge on any atom is -0.488 e. The Labute approximate surface area is 213 Å². The summed E-state index contributed by atoms with van der Waals surface area (Å²) in [5, 5.41) is 0.349. The number of nitrogens with zero attached hydrogens (tertiary/aromatic N) is 1. The van der Waals surface area contributed by atoms with Gasteiger partial charge in [0.1, 0.15) is 12.4 Å². The number of nitrogens with one attached hydrogen (secondary N) is 1. The van der Waals surface area contributed by atoms with E-state index in [0.29, 0.717) is 54.1 Å². The number of piperidine rings is 1. The number of carbonyl (C=O) groups excluding carboxylic acids is 1. The van der Waals surface area contributed by atoms with Crippen molar-refractivity contribution in [1.82, 2.24) is 9.62 Å². The van der Waals surface area contributed by atoms with Crippen molar-refractivity contribution in [2.24, 2.45) is 5.92 Å². The van der Waals surface area contributed by atoms with Crippen LogP contribution in [0.15, 0.2) is 42.5 Å². The van der Waals surface area contributed by atoms with E-state index >= 15 is 0 Å². The summed E-state index contributed by atoms with van der Waals surface area (Å²) in [5.74, 6) is 0.921. The minimum absolute atomic E-state index is 0. The van der Waals surface area contributed by atoms with Crippen molar-refractivity contribution >= 4 is 45.5 Å². The monoisotopic (exact) mass is 529 g/mol. The molecule has 0 unspecified atom stereocenters. The highest BCUT2D eigenvalue weighted by Gasteiger charge is 2.22. The number of Topliss-reactive ketones (excluding diaryl/α,β-unsaturated/α-hetero) is 1. The number of likely N-dealkylation sites (tertiary alicyclic amines) is 1. The maximum absolute atomic E-state index is 13.0. The van der Waals surface area contributed by atoms with Gasteiger partial charge in [-0.1, -0.05) is 41.9 Å². The second-order valence-corrected chi connectivity index (χ2v) is 10.8. The first kappa shape index (κ1) is 28.4. The van der Waals surface area contributed by atoms with Crippen LogP contribution in [0.4, 0.5) is 5.69 Å². The van der Waals surface area contributed by atoms with Gasteiger partial charge in [-0.05, 0) is 49.9 Å². The van der Waals surface area contributed by atoms with Crippen LogP contribution in [-0.2, 0) is 16.6 Å². The fraction of sp³-hybridized carbons (Fsp3) is 0.458. The molecule has 0 amide bonds. The summed E-state index contributed by atoms with van der Waals surface area (Å²) in [5.41, 5.74) is 7.81. The molecule has 1 fully saturated rings. The molecule has 1 saturated heterocycles. The smallest absolute Gasteiger partial charge is 0.208 e. The van der Waals surface area contributed by atoms with E-state index in [-0.39, 0.29) is 18.2 Å². The summed E-state index contributed by atoms with van der Waals surface area (Å²) in [6.45, 7) is 3.28. The third-order valence-electron chi connectivity index (χ3n) is 5.92. The van der Waals surface area contributed by atoms with Gasteiger partial charge in [-0.25, -0.2) is 13.1 Å². The molecule has 0 aliphatic carbocycles. The first-order chi connectivity index (χ1) is 15.7. The molecule has 0 saturated carbocycles. The Kier molecular flexibility index (Phi) is 11.1. The molecule has 1 heterocycles. The van der Waals surface area contributed by atoms with Gasteiger partial charge < -0.3 is 15.4 Å². The first-order valence-corrected chi connectivity index (χ1v) is 13.4. The van der Waals surface area contributed by atoms with Crippen molar-refractivity contribution in [1.29, 1.82) is 0 Å². The highest BCUT2D eigenvalue weighted by molar-refractivity contribution is 7.88. The van der Waals surface area contributed by atoms with Crippen LogP contribution in [0, 0.1) is 5.92 Å². The van der Waals surface area contributed by atoms with Crippen molar-refractivity contribution in [3.05, 3.63) is 58.6 Å². The minimum atomic E-state index is -3.15. The lowest BCUT2D eigenvalue weighted by atomic mass is 9.90. The predicted molar refractivity (Wildman–Crippen MR) is 139 cm³/mol. The number of ketones is 1. The molecule has 188 valence electrons. The number of hydrogen-bond acceptors (Lipinski definition) is 6. The molecule has 1 aliphatic heterocycles. The zero-order chi connectivity index (χ0) is 23.8. The molecule has 1 aliphatic rings. The van der Waals surface area contributed by atoms with Crippen LogP contribution in [0.2, 0.25) is 5.02 Å². The molecule has 34 heavy (non-hydrogen) atoms. The van der Waals surface area contributed by atoms with E-state index in [1.54, 1.807) is 12.1 Å². The highest BCUT2D eigenvalue weighted by Crippen LogP contribution is 2.32. The number of rotatable bonds is 11. The fourth-order valence-corrected chi connectivity index (χ4v) is 4.63. The molecule has 3 rings (SSSR count). The van der Waals surface area contributed by atoms with E-state index in [1.165, 1.54) is 6.26 Å². The zero-order valence-corrected chi connectivity index (χ0v) is 21.7. The number of benzene rings is 2. The van der Waals surface area contributed by atoms with Gasteiger partial charge in [0.15, 0.2) is 5.78 Å². The Bertz CT molecular complexity index is 1040. The van der Waals surface area contributed by atoms with E-state index in [4.69, 9.17) is 22.1 Å². The van der Waals surface area contributed by atoms with Crippen molar-refractivity contribution in [2.75, 3.05) is 38.2 Å². The van der Waals surface area contributed by atoms with Gasteiger partial charge in [-0.15, -0.1) is 12.4 Å². The Balaban J connectivity index is 0.00000408. The van der Waals surface area contributed by atoms with E-state index in [0.717, 1.165) is 37.9 Å². The van der Waals surface area contributed by atoms with Crippen LogP contribution in [0.25, 0.3) is 0 Å². The summed E-state index contributed by atoms with van der Waals surface area (Å²) >= 11 is 6.20. The van der Waals surface area contributed by atoms with E-state index in [2.05, 4.69) is 9.62 Å². The number of hydrogen-bond donors (Lipinski definition) is 2. The van der Waals surface area contributed by atoms with E-state index in [9.17, 15) is 13.2 Å². The van der Waals surface area contributed by atoms with Crippen LogP contribution in [0.5, 0.6) is 5.75 Å². The predicted octanol–water partition coefficient (Wildman–Crippen LogP) is 4.15. The van der Waals surface area contributed by atoms with Gasteiger partial charge in [0.05, 0.1) is 22.5 Å². The summed E-state index contributed by atoms with van der Waals surface area (Å²) in [6.07, 6.45) is 4.37. The summed E-state index contributed by atoms with van der Waals surface area (Å²) in [7, 11) is -3.15. The molecule has 0 atom stereocenters. The molecule has 0 spiro atoms. The second-order valence-electron chi connectivity index (χ2n) is 8.56. The zero-order valence-electron chi connectivity index (χ0n) is 19.3. The molecule has 7 nitrogen and oxygen atoms in total. The SMILES string of the molecule is CS(=O)(=O)NCCN1CCC(CCC(=O)c2cc(Cl)c(N)cc2OCc2ccccc2)CC1.Cl. The normalized spacial score (nSPS) is 15.0. The molecular formula is C24H33Cl2N3O4S. The third-order valence-corrected chi connectivity index (χ3v) is 6.97. The molecule has 0 bridgehead atoms. The van der Waals surface area contributed by atoms with Crippen LogP contribution in [0.3, 0.4) is 0 Å². The lowest BCUT2D eigenvalue weighted by Crippen LogP contribution is -2.39. The maximum Gasteiger partial charge on any atom is 0.208 e. The van der Waals surface area contributed by atoms with Gasteiger partial charge in [0.2, 0.25) is 10.0 Å². The van der Waals surface area contributed by atoms with Crippen molar-refractivity contribution in [2.45, 2.75) is 32.3 Å². The summed E-state index contributed by atoms with van der Waals surface area (Å²) in [6, 6.07) is 13.0. The fourth-order valence-electron chi connectivity index (χ4n) is 4.00. The number of anilines is 1. The van der Waals surface area contributed by atoms with Crippen molar-refractivity contribution in [3.8, 4) is 5.75 Å². The first-order valence-electron chi connectivity index (χ1n) is 11.2. The number of sulfonamides is 1. The van der Waals surface area contributed by atoms with Crippen LogP contribution in [-0.4, -0.2) is 51.5 Å². The summed E-state index contributed by atoms with van der Waals surface area (Å²) < 4.78 is 30.8. The molecule has 0 aromatic heterocycles. The Hall–Kier alpha value is -1.84. The average Bonchev–Trinajstić information content (AvgIpc) is 2.78. The summed E-state index contributed by atoms with van der Waals surface area (Å²) in [4.78, 5) is 15.3. The number of ether oxygens (including phenoxy) is 1. The molecule has 3 N–H and O–H groups in total. The molecule has 0 radical (unpaired) electrons. The van der Waals surface area contributed by atoms with Gasteiger partial charge >= 0.3 is 0 Å². The molecule has 2 aromatic rings. The number of nitrogen functional groups attached to an aromatic ring is 1. The van der Waals surface area contributed by atoms with Crippen LogP contribution in [0.1, 0.15) is 41.6 Å². The topological polar surface area (TPSA) is 102 Å². The molecule has 2 aromatic carbocycles. The lowest BCUT2D eigenvalue weighted by molar-refractivity contribution is 0.0958. The van der Waals surface area contributed by atoms with E-state index in [1.807, 2.05) is 30.3 Å². The van der Waals surface area contributed by atoms with Crippen molar-refractivity contribution in [3.63, 3.8) is 0 Å². The molecule has 10 heteroatoms.